The smallest absolute Gasteiger partial charge is 0.257 e. The second-order valence-corrected chi connectivity index (χ2v) is 5.30. The van der Waals surface area contributed by atoms with Crippen LogP contribution in [-0.2, 0) is 0 Å². The quantitative estimate of drug-likeness (QED) is 0.832. The molecule has 0 unspecified atom stereocenters. The number of anilines is 2. The van der Waals surface area contributed by atoms with Gasteiger partial charge < -0.3 is 10.2 Å². The van der Waals surface area contributed by atoms with Crippen molar-refractivity contribution >= 4 is 17.4 Å². The fourth-order valence-electron chi connectivity index (χ4n) is 2.39. The van der Waals surface area contributed by atoms with Crippen molar-refractivity contribution in [2.24, 2.45) is 0 Å². The number of nitrogens with one attached hydrogen (secondary N) is 1. The minimum Gasteiger partial charge on any atom is -0.339 e. The second-order valence-electron chi connectivity index (χ2n) is 5.30. The first-order chi connectivity index (χ1) is 11.2. The number of benzene rings is 1. The van der Waals surface area contributed by atoms with E-state index in [1.54, 1.807) is 36.5 Å². The van der Waals surface area contributed by atoms with Crippen LogP contribution < -0.4 is 5.32 Å². The molecule has 5 heteroatoms. The second kappa shape index (κ2) is 8.27. The Kier molecular flexibility index (Phi) is 6.09. The lowest BCUT2D eigenvalue weighted by Crippen LogP contribution is -2.33. The highest BCUT2D eigenvalue weighted by molar-refractivity contribution is 5.99. The highest BCUT2D eigenvalue weighted by atomic mass is 19.1. The Labute approximate surface area is 136 Å². The number of hydrogen-bond donors (Lipinski definition) is 1. The summed E-state index contributed by atoms with van der Waals surface area (Å²) < 4.78 is 13.8. The van der Waals surface area contributed by atoms with Gasteiger partial charge in [-0.15, -0.1) is 0 Å². The molecule has 1 aromatic carbocycles. The average molecular weight is 315 g/mol. The van der Waals surface area contributed by atoms with E-state index in [0.717, 1.165) is 12.8 Å². The summed E-state index contributed by atoms with van der Waals surface area (Å²) in [6, 6.07) is 9.78. The van der Waals surface area contributed by atoms with Crippen molar-refractivity contribution in [2.45, 2.75) is 26.7 Å². The zero-order valence-electron chi connectivity index (χ0n) is 13.6. The summed E-state index contributed by atoms with van der Waals surface area (Å²) in [6.07, 6.45) is 3.37. The normalized spacial score (nSPS) is 10.4. The number of amides is 1. The van der Waals surface area contributed by atoms with Crippen LogP contribution in [0.1, 0.15) is 37.0 Å². The standard InChI is InChI=1S/C18H22FN3O/c1-3-12-22(13-4-2)18(23)14-8-7-11-20-17(14)21-16-10-6-5-9-15(16)19/h5-11H,3-4,12-13H2,1-2H3,(H,20,21). The van der Waals surface area contributed by atoms with Crippen molar-refractivity contribution in [1.29, 1.82) is 0 Å². The molecular formula is C18H22FN3O. The minimum absolute atomic E-state index is 0.0827. The van der Waals surface area contributed by atoms with E-state index in [4.69, 9.17) is 0 Å². The van der Waals surface area contributed by atoms with Crippen molar-refractivity contribution in [1.82, 2.24) is 9.88 Å². The summed E-state index contributed by atoms with van der Waals surface area (Å²) in [5, 5.41) is 2.93. The van der Waals surface area contributed by atoms with Gasteiger partial charge in [0, 0.05) is 19.3 Å². The first kappa shape index (κ1) is 16.9. The van der Waals surface area contributed by atoms with Crippen LogP contribution in [0.3, 0.4) is 0 Å². The number of nitrogens with zero attached hydrogens (tertiary/aromatic N) is 2. The van der Waals surface area contributed by atoms with Crippen molar-refractivity contribution in [3.8, 4) is 0 Å². The molecule has 0 saturated carbocycles. The topological polar surface area (TPSA) is 45.2 Å². The molecular weight excluding hydrogens is 293 g/mol. The Balaban J connectivity index is 2.29. The summed E-state index contributed by atoms with van der Waals surface area (Å²) in [4.78, 5) is 18.8. The summed E-state index contributed by atoms with van der Waals surface area (Å²) in [5.74, 6) is -0.0871. The summed E-state index contributed by atoms with van der Waals surface area (Å²) in [6.45, 7) is 5.47. The Morgan fingerprint density at radius 1 is 1.13 bits per heavy atom. The van der Waals surface area contributed by atoms with Gasteiger partial charge in [-0.05, 0) is 37.1 Å². The molecule has 0 fully saturated rings. The first-order valence-electron chi connectivity index (χ1n) is 7.93. The van der Waals surface area contributed by atoms with Crippen LogP contribution in [0.15, 0.2) is 42.6 Å². The number of aromatic nitrogens is 1. The number of halogens is 1. The molecule has 0 atom stereocenters. The van der Waals surface area contributed by atoms with Gasteiger partial charge >= 0.3 is 0 Å². The van der Waals surface area contributed by atoms with Gasteiger partial charge in [-0.25, -0.2) is 9.37 Å². The fourth-order valence-corrected chi connectivity index (χ4v) is 2.39. The highest BCUT2D eigenvalue weighted by Gasteiger charge is 2.19. The van der Waals surface area contributed by atoms with E-state index >= 15 is 0 Å². The number of hydrogen-bond acceptors (Lipinski definition) is 3. The van der Waals surface area contributed by atoms with Gasteiger partial charge in [-0.1, -0.05) is 26.0 Å². The van der Waals surface area contributed by atoms with Crippen LogP contribution in [0.25, 0.3) is 0 Å². The molecule has 0 aliphatic rings. The van der Waals surface area contributed by atoms with Gasteiger partial charge in [0.2, 0.25) is 0 Å². The molecule has 2 rings (SSSR count). The molecule has 0 bridgehead atoms. The Hall–Kier alpha value is -2.43. The van der Waals surface area contributed by atoms with Gasteiger partial charge in [0.25, 0.3) is 5.91 Å². The molecule has 1 N–H and O–H groups in total. The average Bonchev–Trinajstić information content (AvgIpc) is 2.57. The predicted octanol–water partition coefficient (Wildman–Crippen LogP) is 4.23. The zero-order chi connectivity index (χ0) is 16.7. The number of carbonyl (C=O) groups excluding carboxylic acids is 1. The van der Waals surface area contributed by atoms with Gasteiger partial charge in [-0.3, -0.25) is 4.79 Å². The lowest BCUT2D eigenvalue weighted by molar-refractivity contribution is 0.0756. The molecule has 122 valence electrons. The van der Waals surface area contributed by atoms with E-state index in [9.17, 15) is 9.18 Å². The maximum Gasteiger partial charge on any atom is 0.257 e. The van der Waals surface area contributed by atoms with E-state index in [2.05, 4.69) is 10.3 Å². The van der Waals surface area contributed by atoms with Crippen molar-refractivity contribution in [3.05, 3.63) is 54.0 Å². The summed E-state index contributed by atoms with van der Waals surface area (Å²) in [5.41, 5.74) is 0.760. The van der Waals surface area contributed by atoms with E-state index in [1.807, 2.05) is 18.7 Å². The molecule has 2 aromatic rings. The van der Waals surface area contributed by atoms with Crippen molar-refractivity contribution < 1.29 is 9.18 Å². The third kappa shape index (κ3) is 4.28. The maximum absolute atomic E-state index is 13.8. The van der Waals surface area contributed by atoms with Crippen LogP contribution in [0.4, 0.5) is 15.9 Å². The predicted molar refractivity (Wildman–Crippen MR) is 90.4 cm³/mol. The first-order valence-corrected chi connectivity index (χ1v) is 7.93. The zero-order valence-corrected chi connectivity index (χ0v) is 13.6. The Bertz CT molecular complexity index is 654. The van der Waals surface area contributed by atoms with Crippen molar-refractivity contribution in [3.63, 3.8) is 0 Å². The van der Waals surface area contributed by atoms with Crippen LogP contribution in [-0.4, -0.2) is 28.9 Å². The molecule has 1 aromatic heterocycles. The van der Waals surface area contributed by atoms with E-state index < -0.39 is 0 Å². The van der Waals surface area contributed by atoms with Crippen molar-refractivity contribution in [2.75, 3.05) is 18.4 Å². The van der Waals surface area contributed by atoms with Gasteiger partial charge in [0.15, 0.2) is 0 Å². The molecule has 0 saturated heterocycles. The minimum atomic E-state index is -0.379. The van der Waals surface area contributed by atoms with Gasteiger partial charge in [-0.2, -0.15) is 0 Å². The van der Waals surface area contributed by atoms with Gasteiger partial charge in [0.1, 0.15) is 11.6 Å². The summed E-state index contributed by atoms with van der Waals surface area (Å²) >= 11 is 0. The molecule has 23 heavy (non-hydrogen) atoms. The molecule has 0 radical (unpaired) electrons. The van der Waals surface area contributed by atoms with Gasteiger partial charge in [0.05, 0.1) is 11.3 Å². The highest BCUT2D eigenvalue weighted by Crippen LogP contribution is 2.22. The van der Waals surface area contributed by atoms with Crippen LogP contribution in [0, 0.1) is 5.82 Å². The molecule has 0 aliphatic heterocycles. The monoisotopic (exact) mass is 315 g/mol. The van der Waals surface area contributed by atoms with Crippen LogP contribution in [0.2, 0.25) is 0 Å². The molecule has 4 nitrogen and oxygen atoms in total. The molecule has 0 aliphatic carbocycles. The molecule has 1 heterocycles. The third-order valence-corrected chi connectivity index (χ3v) is 3.44. The maximum atomic E-state index is 13.8. The number of rotatable bonds is 7. The number of para-hydroxylation sites is 1. The fraction of sp³-hybridized carbons (Fsp3) is 0.333. The lowest BCUT2D eigenvalue weighted by Gasteiger charge is -2.22. The third-order valence-electron chi connectivity index (χ3n) is 3.44. The van der Waals surface area contributed by atoms with Crippen LogP contribution >= 0.6 is 0 Å². The molecule has 0 spiro atoms. The van der Waals surface area contributed by atoms with Crippen LogP contribution in [0.5, 0.6) is 0 Å². The van der Waals surface area contributed by atoms with E-state index in [1.165, 1.54) is 6.07 Å². The van der Waals surface area contributed by atoms with E-state index in [0.29, 0.717) is 30.2 Å². The summed E-state index contributed by atoms with van der Waals surface area (Å²) in [7, 11) is 0. The Morgan fingerprint density at radius 3 is 2.48 bits per heavy atom. The number of pyridine rings is 1. The largest absolute Gasteiger partial charge is 0.339 e. The molecule has 1 amide bonds. The lowest BCUT2D eigenvalue weighted by atomic mass is 10.2. The van der Waals surface area contributed by atoms with E-state index in [-0.39, 0.29) is 11.7 Å². The SMILES string of the molecule is CCCN(CCC)C(=O)c1cccnc1Nc1ccccc1F. The Morgan fingerprint density at radius 2 is 1.83 bits per heavy atom. The number of carbonyl (C=O) groups is 1.